The standard InChI is InChI=1S/C22H26N2O4.H3N.Rb/c1-3-28-21-15-17(9-12-20(21)27-2)19-5-4-14-24(23-19)22(26)13-8-16-6-10-18(25)11-7-16;;/h6-7,9-12,15,25H,3-5,8,13-14H2,1-2H3;1H3;/q;;+1/p-1. The van der Waals surface area contributed by atoms with Crippen molar-refractivity contribution in [3.63, 3.8) is 0 Å². The van der Waals surface area contributed by atoms with Gasteiger partial charge in [0, 0.05) is 18.5 Å². The molecule has 0 saturated heterocycles. The van der Waals surface area contributed by atoms with Crippen LogP contribution in [-0.2, 0) is 11.2 Å². The topological polar surface area (TPSA) is 109 Å². The van der Waals surface area contributed by atoms with Crippen molar-refractivity contribution >= 4 is 11.6 Å². The number of ether oxygens (including phenoxy) is 2. The minimum Gasteiger partial charge on any atom is -0.872 e. The molecule has 1 amide bonds. The first-order valence-electron chi connectivity index (χ1n) is 9.55. The van der Waals surface area contributed by atoms with Gasteiger partial charge >= 0.3 is 58.2 Å². The van der Waals surface area contributed by atoms with Crippen LogP contribution in [0, 0.1) is 0 Å². The van der Waals surface area contributed by atoms with Crippen LogP contribution in [0.25, 0.3) is 0 Å². The van der Waals surface area contributed by atoms with Crippen molar-refractivity contribution < 1.29 is 77.6 Å². The minimum absolute atomic E-state index is 0. The molecule has 0 radical (unpaired) electrons. The molecule has 7 nitrogen and oxygen atoms in total. The summed E-state index contributed by atoms with van der Waals surface area (Å²) in [6.45, 7) is 3.09. The van der Waals surface area contributed by atoms with Crippen LogP contribution in [0.2, 0.25) is 0 Å². The van der Waals surface area contributed by atoms with Crippen molar-refractivity contribution in [1.29, 1.82) is 0 Å². The minimum atomic E-state index is -0.0220. The Bertz CT molecular complexity index is 856. The number of hydrazone groups is 1. The molecule has 0 atom stereocenters. The second-order valence-corrected chi connectivity index (χ2v) is 6.61. The number of hydrogen-bond donors (Lipinski definition) is 1. The van der Waals surface area contributed by atoms with Gasteiger partial charge in [0.1, 0.15) is 0 Å². The summed E-state index contributed by atoms with van der Waals surface area (Å²) in [7, 11) is 1.61. The molecule has 0 fully saturated rings. The third-order valence-electron chi connectivity index (χ3n) is 4.66. The Morgan fingerprint density at radius 2 is 1.90 bits per heavy atom. The second kappa shape index (κ2) is 13.2. The Hall–Kier alpha value is -1.25. The zero-order chi connectivity index (χ0) is 19.9. The number of hydrogen-bond acceptors (Lipinski definition) is 6. The van der Waals surface area contributed by atoms with E-state index in [1.807, 2.05) is 25.1 Å². The maximum atomic E-state index is 12.6. The maximum absolute atomic E-state index is 12.6. The van der Waals surface area contributed by atoms with Gasteiger partial charge in [0.15, 0.2) is 11.5 Å². The molecule has 3 N–H and O–H groups in total. The summed E-state index contributed by atoms with van der Waals surface area (Å²) in [5.74, 6) is 1.32. The Labute approximate surface area is 226 Å². The predicted octanol–water partition coefficient (Wildman–Crippen LogP) is 0.293. The van der Waals surface area contributed by atoms with E-state index in [4.69, 9.17) is 9.47 Å². The molecule has 0 aromatic heterocycles. The van der Waals surface area contributed by atoms with Gasteiger partial charge in [0.2, 0.25) is 5.91 Å². The molecule has 0 spiro atoms. The molecule has 0 aliphatic carbocycles. The second-order valence-electron chi connectivity index (χ2n) is 6.61. The monoisotopic (exact) mass is 483 g/mol. The van der Waals surface area contributed by atoms with Crippen molar-refractivity contribution in [3.05, 3.63) is 53.6 Å². The van der Waals surface area contributed by atoms with Crippen molar-refractivity contribution in [3.8, 4) is 17.2 Å². The largest absolute Gasteiger partial charge is 1.00 e. The van der Waals surface area contributed by atoms with Crippen LogP contribution in [0.1, 0.15) is 37.3 Å². The van der Waals surface area contributed by atoms with Crippen LogP contribution >= 0.6 is 0 Å². The van der Waals surface area contributed by atoms with E-state index < -0.39 is 0 Å². The van der Waals surface area contributed by atoms with Crippen LogP contribution in [0.4, 0.5) is 0 Å². The molecule has 0 unspecified atom stereocenters. The number of benzene rings is 2. The van der Waals surface area contributed by atoms with Crippen LogP contribution < -0.4 is 78.9 Å². The van der Waals surface area contributed by atoms with Gasteiger partial charge in [-0.15, -0.1) is 5.75 Å². The normalized spacial score (nSPS) is 12.9. The fraction of sp³-hybridized carbons (Fsp3) is 0.364. The first kappa shape index (κ1) is 26.8. The molecule has 1 aliphatic heterocycles. The van der Waals surface area contributed by atoms with E-state index in [9.17, 15) is 9.90 Å². The average Bonchev–Trinajstić information content (AvgIpc) is 2.73. The Morgan fingerprint density at radius 1 is 1.17 bits per heavy atom. The summed E-state index contributed by atoms with van der Waals surface area (Å²) in [6, 6.07) is 12.3. The van der Waals surface area contributed by atoms with Crippen molar-refractivity contribution in [1.82, 2.24) is 11.2 Å². The van der Waals surface area contributed by atoms with Gasteiger partial charge in [-0.3, -0.25) is 4.79 Å². The zero-order valence-electron chi connectivity index (χ0n) is 18.0. The van der Waals surface area contributed by atoms with Crippen LogP contribution in [0.5, 0.6) is 17.2 Å². The van der Waals surface area contributed by atoms with Crippen molar-refractivity contribution in [2.45, 2.75) is 32.6 Å². The van der Waals surface area contributed by atoms with Crippen LogP contribution in [0.15, 0.2) is 47.6 Å². The summed E-state index contributed by atoms with van der Waals surface area (Å²) in [5, 5.41) is 17.3. The molecule has 8 heteroatoms. The van der Waals surface area contributed by atoms with E-state index in [1.54, 1.807) is 24.3 Å². The quantitative estimate of drug-likeness (QED) is 0.609. The number of methoxy groups -OCH3 is 1. The first-order chi connectivity index (χ1) is 13.6. The van der Waals surface area contributed by atoms with Gasteiger partial charge in [-0.2, -0.15) is 5.10 Å². The van der Waals surface area contributed by atoms with Gasteiger partial charge in [0.25, 0.3) is 0 Å². The number of aryl methyl sites for hydroxylation is 1. The SMILES string of the molecule is CCOc1cc(C2=NN(C(=O)CCc3ccc([O-])cc3)CCC2)ccc1OC.N.[Rb+]. The number of carbonyl (C=O) groups is 1. The van der Waals surface area contributed by atoms with Crippen molar-refractivity contribution in [2.75, 3.05) is 20.3 Å². The van der Waals surface area contributed by atoms with E-state index in [1.165, 1.54) is 12.1 Å². The van der Waals surface area contributed by atoms with Crippen LogP contribution in [-0.4, -0.2) is 36.9 Å². The summed E-state index contributed by atoms with van der Waals surface area (Å²) in [5.41, 5.74) is 2.79. The van der Waals surface area contributed by atoms with E-state index in [0.29, 0.717) is 37.5 Å². The summed E-state index contributed by atoms with van der Waals surface area (Å²) in [4.78, 5) is 12.6. The fourth-order valence-electron chi connectivity index (χ4n) is 3.19. The molecule has 3 rings (SSSR count). The molecule has 156 valence electrons. The summed E-state index contributed by atoms with van der Waals surface area (Å²) < 4.78 is 11.0. The molecule has 2 aromatic rings. The van der Waals surface area contributed by atoms with E-state index >= 15 is 0 Å². The average molecular weight is 484 g/mol. The maximum Gasteiger partial charge on any atom is 1.00 e. The summed E-state index contributed by atoms with van der Waals surface area (Å²) >= 11 is 0. The number of carbonyl (C=O) groups excluding carboxylic acids is 1. The van der Waals surface area contributed by atoms with E-state index in [0.717, 1.165) is 29.7 Å². The Morgan fingerprint density at radius 3 is 2.57 bits per heavy atom. The Balaban J connectivity index is 0.00000225. The molecule has 2 aromatic carbocycles. The van der Waals surface area contributed by atoms with E-state index in [2.05, 4.69) is 5.10 Å². The molecule has 0 saturated carbocycles. The van der Waals surface area contributed by atoms with Gasteiger partial charge in [-0.05, 0) is 49.9 Å². The fourth-order valence-corrected chi connectivity index (χ4v) is 3.19. The zero-order valence-corrected chi connectivity index (χ0v) is 22.9. The van der Waals surface area contributed by atoms with Gasteiger partial charge in [-0.1, -0.05) is 24.3 Å². The molecule has 1 heterocycles. The van der Waals surface area contributed by atoms with Gasteiger partial charge in [-0.25, -0.2) is 5.01 Å². The number of amides is 1. The molecular weight excluding hydrogens is 456 g/mol. The third kappa shape index (κ3) is 7.16. The van der Waals surface area contributed by atoms with Gasteiger partial charge in [0.05, 0.1) is 19.4 Å². The Kier molecular flexibility index (Phi) is 11.8. The van der Waals surface area contributed by atoms with Crippen molar-refractivity contribution in [2.24, 2.45) is 5.10 Å². The predicted molar refractivity (Wildman–Crippen MR) is 111 cm³/mol. The first-order valence-corrected chi connectivity index (χ1v) is 9.55. The van der Waals surface area contributed by atoms with Crippen LogP contribution in [0.3, 0.4) is 0 Å². The summed E-state index contributed by atoms with van der Waals surface area (Å²) in [6.07, 6.45) is 2.64. The third-order valence-corrected chi connectivity index (χ3v) is 4.66. The molecular formula is C22H28N3O4Rb. The smallest absolute Gasteiger partial charge is 0.872 e. The molecule has 0 bridgehead atoms. The van der Waals surface area contributed by atoms with Gasteiger partial charge < -0.3 is 20.7 Å². The molecule has 1 aliphatic rings. The number of rotatable bonds is 7. The molecule has 30 heavy (non-hydrogen) atoms. The number of nitrogens with zero attached hydrogens (tertiary/aromatic N) is 2. The van der Waals surface area contributed by atoms with E-state index in [-0.39, 0.29) is 76.0 Å².